The maximum atomic E-state index is 4.21. The van der Waals surface area contributed by atoms with E-state index in [9.17, 15) is 0 Å². The normalized spacial score (nSPS) is 12.5. The third-order valence-electron chi connectivity index (χ3n) is 1.63. The van der Waals surface area contributed by atoms with Crippen molar-refractivity contribution in [2.24, 2.45) is 0 Å². The summed E-state index contributed by atoms with van der Waals surface area (Å²) in [5, 5.41) is 3.34. The first-order valence-electron chi connectivity index (χ1n) is 4.58. The van der Waals surface area contributed by atoms with Crippen molar-refractivity contribution in [3.63, 3.8) is 0 Å². The summed E-state index contributed by atoms with van der Waals surface area (Å²) in [5.74, 6) is 3.27. The van der Waals surface area contributed by atoms with Crippen molar-refractivity contribution in [3.8, 4) is 0 Å². The van der Waals surface area contributed by atoms with E-state index in [2.05, 4.69) is 24.1 Å². The number of hydrogen-bond acceptors (Lipinski definition) is 3. The van der Waals surface area contributed by atoms with E-state index in [0.29, 0.717) is 6.04 Å². The van der Waals surface area contributed by atoms with Gasteiger partial charge in [-0.25, -0.2) is 4.98 Å². The van der Waals surface area contributed by atoms with Gasteiger partial charge in [-0.15, -0.1) is 0 Å². The predicted octanol–water partition coefficient (Wildman–Crippen LogP) is 2.64. The van der Waals surface area contributed by atoms with Crippen molar-refractivity contribution in [1.29, 1.82) is 0 Å². The van der Waals surface area contributed by atoms with E-state index in [1.807, 2.05) is 36.2 Å². The average molecular weight is 196 g/mol. The summed E-state index contributed by atoms with van der Waals surface area (Å²) in [7, 11) is 0. The van der Waals surface area contributed by atoms with Crippen LogP contribution in [-0.4, -0.2) is 22.5 Å². The van der Waals surface area contributed by atoms with Gasteiger partial charge in [0.05, 0.1) is 0 Å². The summed E-state index contributed by atoms with van der Waals surface area (Å²) >= 11 is 1.95. The Labute approximate surface area is 84.1 Å². The number of aromatic nitrogens is 1. The average Bonchev–Trinajstić information content (AvgIpc) is 2.16. The highest BCUT2D eigenvalue weighted by atomic mass is 32.2. The van der Waals surface area contributed by atoms with Gasteiger partial charge in [0.25, 0.3) is 0 Å². The minimum atomic E-state index is 0.486. The number of anilines is 1. The summed E-state index contributed by atoms with van der Waals surface area (Å²) in [6, 6.07) is 6.40. The summed E-state index contributed by atoms with van der Waals surface area (Å²) in [5.41, 5.74) is 0. The van der Waals surface area contributed by atoms with Gasteiger partial charge in [-0.05, 0) is 24.8 Å². The smallest absolute Gasteiger partial charge is 0.126 e. The second-order valence-electron chi connectivity index (χ2n) is 2.92. The zero-order chi connectivity index (χ0) is 9.52. The molecule has 0 saturated heterocycles. The fraction of sp³-hybridized carbons (Fsp3) is 0.500. The summed E-state index contributed by atoms with van der Waals surface area (Å²) < 4.78 is 0. The molecule has 3 heteroatoms. The molecule has 1 heterocycles. The van der Waals surface area contributed by atoms with Gasteiger partial charge in [-0.1, -0.05) is 13.0 Å². The molecule has 0 radical (unpaired) electrons. The molecule has 0 fully saturated rings. The Hall–Kier alpha value is -0.700. The largest absolute Gasteiger partial charge is 0.367 e. The van der Waals surface area contributed by atoms with E-state index < -0.39 is 0 Å². The summed E-state index contributed by atoms with van der Waals surface area (Å²) in [6.45, 7) is 4.36. The van der Waals surface area contributed by atoms with Crippen molar-refractivity contribution >= 4 is 17.6 Å². The Morgan fingerprint density at radius 2 is 2.38 bits per heavy atom. The number of nitrogens with one attached hydrogen (secondary N) is 1. The van der Waals surface area contributed by atoms with Crippen molar-refractivity contribution in [3.05, 3.63) is 24.4 Å². The van der Waals surface area contributed by atoms with Crippen molar-refractivity contribution < 1.29 is 0 Å². The first kappa shape index (κ1) is 10.4. The Kier molecular flexibility index (Phi) is 4.68. The molecule has 1 atom stereocenters. The van der Waals surface area contributed by atoms with Crippen LogP contribution in [0.25, 0.3) is 0 Å². The molecular formula is C10H16N2S. The zero-order valence-electron chi connectivity index (χ0n) is 8.16. The topological polar surface area (TPSA) is 24.9 Å². The number of pyridine rings is 1. The molecule has 2 nitrogen and oxygen atoms in total. The van der Waals surface area contributed by atoms with Crippen LogP contribution in [0.3, 0.4) is 0 Å². The summed E-state index contributed by atoms with van der Waals surface area (Å²) in [4.78, 5) is 4.21. The molecule has 13 heavy (non-hydrogen) atoms. The van der Waals surface area contributed by atoms with Crippen LogP contribution in [0.15, 0.2) is 24.4 Å². The minimum Gasteiger partial charge on any atom is -0.367 e. The lowest BCUT2D eigenvalue weighted by Gasteiger charge is -2.12. The highest BCUT2D eigenvalue weighted by molar-refractivity contribution is 7.99. The molecule has 0 aliphatic carbocycles. The standard InChI is InChI=1S/C10H16N2S/c1-3-13-8-9(2)12-10-6-4-5-7-11-10/h4-7,9H,3,8H2,1-2H3,(H,11,12). The van der Waals surface area contributed by atoms with Crippen LogP contribution in [0.2, 0.25) is 0 Å². The van der Waals surface area contributed by atoms with Crippen LogP contribution in [0.5, 0.6) is 0 Å². The quantitative estimate of drug-likeness (QED) is 0.783. The van der Waals surface area contributed by atoms with Gasteiger partial charge >= 0.3 is 0 Å². The molecular weight excluding hydrogens is 180 g/mol. The number of nitrogens with zero attached hydrogens (tertiary/aromatic N) is 1. The predicted molar refractivity (Wildman–Crippen MR) is 60.3 cm³/mol. The molecule has 0 aromatic carbocycles. The van der Waals surface area contributed by atoms with E-state index in [4.69, 9.17) is 0 Å². The molecule has 1 rings (SSSR count). The fourth-order valence-corrected chi connectivity index (χ4v) is 1.71. The molecule has 0 spiro atoms. The van der Waals surface area contributed by atoms with Gasteiger partial charge in [0, 0.05) is 18.0 Å². The first-order chi connectivity index (χ1) is 6.33. The van der Waals surface area contributed by atoms with Gasteiger partial charge in [0.1, 0.15) is 5.82 Å². The van der Waals surface area contributed by atoms with Crippen molar-refractivity contribution in [2.45, 2.75) is 19.9 Å². The lowest BCUT2D eigenvalue weighted by atomic mass is 10.4. The number of thioether (sulfide) groups is 1. The number of rotatable bonds is 5. The zero-order valence-corrected chi connectivity index (χ0v) is 8.97. The van der Waals surface area contributed by atoms with Crippen LogP contribution in [0.1, 0.15) is 13.8 Å². The molecule has 0 bridgehead atoms. The number of hydrogen-bond donors (Lipinski definition) is 1. The molecule has 1 aromatic rings. The van der Waals surface area contributed by atoms with Gasteiger partial charge in [-0.3, -0.25) is 0 Å². The Balaban J connectivity index is 2.32. The second kappa shape index (κ2) is 5.86. The monoisotopic (exact) mass is 196 g/mol. The molecule has 0 amide bonds. The highest BCUT2D eigenvalue weighted by Crippen LogP contribution is 2.07. The Bertz CT molecular complexity index is 226. The fourth-order valence-electron chi connectivity index (χ4n) is 1.04. The molecule has 0 aliphatic rings. The third kappa shape index (κ3) is 4.18. The van der Waals surface area contributed by atoms with Crippen LogP contribution < -0.4 is 5.32 Å². The molecule has 1 unspecified atom stereocenters. The second-order valence-corrected chi connectivity index (χ2v) is 4.24. The Morgan fingerprint density at radius 3 is 3.00 bits per heavy atom. The lowest BCUT2D eigenvalue weighted by molar-refractivity contribution is 0.902. The van der Waals surface area contributed by atoms with Gasteiger partial charge in [-0.2, -0.15) is 11.8 Å². The lowest BCUT2D eigenvalue weighted by Crippen LogP contribution is -2.18. The highest BCUT2D eigenvalue weighted by Gasteiger charge is 2.00. The van der Waals surface area contributed by atoms with Crippen LogP contribution >= 0.6 is 11.8 Å². The minimum absolute atomic E-state index is 0.486. The van der Waals surface area contributed by atoms with E-state index in [1.54, 1.807) is 0 Å². The van der Waals surface area contributed by atoms with E-state index in [0.717, 1.165) is 11.6 Å². The van der Waals surface area contributed by atoms with Gasteiger partial charge < -0.3 is 5.32 Å². The van der Waals surface area contributed by atoms with Crippen LogP contribution in [0.4, 0.5) is 5.82 Å². The third-order valence-corrected chi connectivity index (χ3v) is 2.78. The molecule has 1 aromatic heterocycles. The van der Waals surface area contributed by atoms with Gasteiger partial charge in [0.15, 0.2) is 0 Å². The molecule has 72 valence electrons. The molecule has 1 N–H and O–H groups in total. The summed E-state index contributed by atoms with van der Waals surface area (Å²) in [6.07, 6.45) is 1.81. The SMILES string of the molecule is CCSCC(C)Nc1ccccn1. The van der Waals surface area contributed by atoms with Gasteiger partial charge in [0.2, 0.25) is 0 Å². The van der Waals surface area contributed by atoms with Crippen LogP contribution in [-0.2, 0) is 0 Å². The maximum absolute atomic E-state index is 4.21. The van der Waals surface area contributed by atoms with Crippen LogP contribution in [0, 0.1) is 0 Å². The van der Waals surface area contributed by atoms with E-state index in [-0.39, 0.29) is 0 Å². The van der Waals surface area contributed by atoms with E-state index in [1.165, 1.54) is 5.75 Å². The molecule has 0 saturated carbocycles. The van der Waals surface area contributed by atoms with Crippen molar-refractivity contribution in [2.75, 3.05) is 16.8 Å². The van der Waals surface area contributed by atoms with E-state index >= 15 is 0 Å². The van der Waals surface area contributed by atoms with Crippen molar-refractivity contribution in [1.82, 2.24) is 4.98 Å². The maximum Gasteiger partial charge on any atom is 0.126 e. The first-order valence-corrected chi connectivity index (χ1v) is 5.73. The Morgan fingerprint density at radius 1 is 1.54 bits per heavy atom. The molecule has 0 aliphatic heterocycles.